The van der Waals surface area contributed by atoms with Gasteiger partial charge in [0.25, 0.3) is 0 Å². The Hall–Kier alpha value is -0.830. The van der Waals surface area contributed by atoms with Crippen molar-refractivity contribution in [3.05, 3.63) is 35.4 Å². The Kier molecular flexibility index (Phi) is 3.33. The first-order valence-corrected chi connectivity index (χ1v) is 6.50. The molecular weight excluding hydrogens is 266 g/mol. The third-order valence-corrected chi connectivity index (χ3v) is 3.83. The van der Waals surface area contributed by atoms with Crippen LogP contribution in [0.2, 0.25) is 0 Å². The molecule has 2 atom stereocenters. The molecule has 1 aromatic carbocycles. The van der Waals surface area contributed by atoms with E-state index < -0.39 is 0 Å². The molecule has 2 rings (SSSR count). The molecule has 0 spiro atoms. The van der Waals surface area contributed by atoms with Crippen LogP contribution < -0.4 is 0 Å². The second-order valence-electron chi connectivity index (χ2n) is 4.38. The first-order valence-electron chi connectivity index (χ1n) is 5.58. The molecule has 2 unspecified atom stereocenters. The lowest BCUT2D eigenvalue weighted by atomic mass is 10.0. The summed E-state index contributed by atoms with van der Waals surface area (Å²) in [6.07, 6.45) is 0.621. The van der Waals surface area contributed by atoms with E-state index in [1.165, 1.54) is 11.1 Å². The summed E-state index contributed by atoms with van der Waals surface area (Å²) >= 11 is 3.52. The Morgan fingerprint density at radius 2 is 2.12 bits per heavy atom. The molecule has 0 aromatic heterocycles. The predicted octanol–water partition coefficient (Wildman–Crippen LogP) is 3.05. The SMILES string of the molecule is Cc1ccccc1C(C)N1CC(Br)CC1=O. The number of likely N-dealkylation sites (tertiary alicyclic amines) is 1. The molecule has 3 heteroatoms. The number of carbonyl (C=O) groups is 1. The highest BCUT2D eigenvalue weighted by atomic mass is 79.9. The number of benzene rings is 1. The number of rotatable bonds is 2. The number of hydrogen-bond acceptors (Lipinski definition) is 1. The molecule has 1 aliphatic rings. The van der Waals surface area contributed by atoms with Crippen molar-refractivity contribution in [1.82, 2.24) is 4.90 Å². The van der Waals surface area contributed by atoms with E-state index in [-0.39, 0.29) is 11.9 Å². The summed E-state index contributed by atoms with van der Waals surface area (Å²) in [6, 6.07) is 8.44. The second-order valence-corrected chi connectivity index (χ2v) is 5.68. The van der Waals surface area contributed by atoms with Crippen molar-refractivity contribution in [2.75, 3.05) is 6.54 Å². The Morgan fingerprint density at radius 3 is 2.69 bits per heavy atom. The van der Waals surface area contributed by atoms with Crippen molar-refractivity contribution in [3.63, 3.8) is 0 Å². The van der Waals surface area contributed by atoms with Crippen LogP contribution in [0.1, 0.15) is 30.5 Å². The maximum Gasteiger partial charge on any atom is 0.224 e. The lowest BCUT2D eigenvalue weighted by Crippen LogP contribution is -2.29. The minimum Gasteiger partial charge on any atom is -0.335 e. The van der Waals surface area contributed by atoms with Crippen molar-refractivity contribution in [2.45, 2.75) is 31.1 Å². The lowest BCUT2D eigenvalue weighted by Gasteiger charge is -2.26. The van der Waals surface area contributed by atoms with Gasteiger partial charge in [0.2, 0.25) is 5.91 Å². The molecule has 1 amide bonds. The third kappa shape index (κ3) is 2.14. The van der Waals surface area contributed by atoms with Gasteiger partial charge in [-0.25, -0.2) is 0 Å². The number of hydrogen-bond donors (Lipinski definition) is 0. The molecule has 2 nitrogen and oxygen atoms in total. The minimum atomic E-state index is 0.177. The topological polar surface area (TPSA) is 20.3 Å². The molecule has 16 heavy (non-hydrogen) atoms. The standard InChI is InChI=1S/C13H16BrNO/c1-9-5-3-4-6-12(9)10(2)15-8-11(14)7-13(15)16/h3-6,10-11H,7-8H2,1-2H3. The predicted molar refractivity (Wildman–Crippen MR) is 68.6 cm³/mol. The lowest BCUT2D eigenvalue weighted by molar-refractivity contribution is -0.129. The van der Waals surface area contributed by atoms with Gasteiger partial charge in [0, 0.05) is 17.8 Å². The van der Waals surface area contributed by atoms with Crippen molar-refractivity contribution >= 4 is 21.8 Å². The van der Waals surface area contributed by atoms with Crippen LogP contribution in [-0.4, -0.2) is 22.2 Å². The van der Waals surface area contributed by atoms with Gasteiger partial charge in [-0.05, 0) is 25.0 Å². The van der Waals surface area contributed by atoms with Crippen molar-refractivity contribution in [3.8, 4) is 0 Å². The average Bonchev–Trinajstić information content (AvgIpc) is 2.58. The molecule has 0 radical (unpaired) electrons. The van der Waals surface area contributed by atoms with E-state index in [4.69, 9.17) is 0 Å². The van der Waals surface area contributed by atoms with Gasteiger partial charge in [-0.1, -0.05) is 40.2 Å². The van der Waals surface area contributed by atoms with Crippen LogP contribution in [-0.2, 0) is 4.79 Å². The first kappa shape index (κ1) is 11.6. The van der Waals surface area contributed by atoms with Crippen LogP contribution in [0, 0.1) is 6.92 Å². The van der Waals surface area contributed by atoms with E-state index in [0.29, 0.717) is 11.2 Å². The summed E-state index contributed by atoms with van der Waals surface area (Å²) in [5.41, 5.74) is 2.50. The van der Waals surface area contributed by atoms with E-state index in [1.54, 1.807) is 0 Å². The summed E-state index contributed by atoms with van der Waals surface area (Å²) in [7, 11) is 0. The zero-order valence-corrected chi connectivity index (χ0v) is 11.2. The molecule has 0 saturated carbocycles. The molecular formula is C13H16BrNO. The van der Waals surface area contributed by atoms with Crippen LogP contribution >= 0.6 is 15.9 Å². The molecule has 1 saturated heterocycles. The smallest absolute Gasteiger partial charge is 0.224 e. The Labute approximate surface area is 105 Å². The Bertz CT molecular complexity index is 405. The molecule has 0 N–H and O–H groups in total. The third-order valence-electron chi connectivity index (χ3n) is 3.22. The number of amides is 1. The summed E-state index contributed by atoms with van der Waals surface area (Å²) in [5, 5.41) is 0. The zero-order chi connectivity index (χ0) is 11.7. The quantitative estimate of drug-likeness (QED) is 0.763. The number of carbonyl (C=O) groups excluding carboxylic acids is 1. The molecule has 0 aliphatic carbocycles. The maximum atomic E-state index is 11.8. The van der Waals surface area contributed by atoms with Gasteiger partial charge in [0.15, 0.2) is 0 Å². The van der Waals surface area contributed by atoms with Gasteiger partial charge in [-0.3, -0.25) is 4.79 Å². The second kappa shape index (κ2) is 4.58. The van der Waals surface area contributed by atoms with E-state index in [9.17, 15) is 4.79 Å². The van der Waals surface area contributed by atoms with E-state index in [2.05, 4.69) is 41.9 Å². The zero-order valence-electron chi connectivity index (χ0n) is 9.61. The number of aryl methyl sites for hydroxylation is 1. The normalized spacial score (nSPS) is 22.6. The average molecular weight is 282 g/mol. The number of alkyl halides is 1. The van der Waals surface area contributed by atoms with Gasteiger partial charge in [-0.2, -0.15) is 0 Å². The van der Waals surface area contributed by atoms with Crippen molar-refractivity contribution in [2.24, 2.45) is 0 Å². The van der Waals surface area contributed by atoms with E-state index >= 15 is 0 Å². The van der Waals surface area contributed by atoms with Crippen LogP contribution in [0.4, 0.5) is 0 Å². The van der Waals surface area contributed by atoms with Gasteiger partial charge < -0.3 is 4.90 Å². The van der Waals surface area contributed by atoms with Crippen LogP contribution in [0.15, 0.2) is 24.3 Å². The van der Waals surface area contributed by atoms with Crippen molar-refractivity contribution in [1.29, 1.82) is 0 Å². The summed E-state index contributed by atoms with van der Waals surface area (Å²) in [6.45, 7) is 5.01. The van der Waals surface area contributed by atoms with Gasteiger partial charge >= 0.3 is 0 Å². The summed E-state index contributed by atoms with van der Waals surface area (Å²) in [4.78, 5) is 14.1. The highest BCUT2D eigenvalue weighted by Crippen LogP contribution is 2.29. The van der Waals surface area contributed by atoms with Gasteiger partial charge in [-0.15, -0.1) is 0 Å². The highest BCUT2D eigenvalue weighted by molar-refractivity contribution is 9.09. The molecule has 86 valence electrons. The number of halogens is 1. The van der Waals surface area contributed by atoms with Crippen LogP contribution in [0.25, 0.3) is 0 Å². The molecule has 1 heterocycles. The molecule has 0 bridgehead atoms. The first-order chi connectivity index (χ1) is 7.59. The Morgan fingerprint density at radius 1 is 1.44 bits per heavy atom. The monoisotopic (exact) mass is 281 g/mol. The fourth-order valence-corrected chi connectivity index (χ4v) is 2.87. The van der Waals surface area contributed by atoms with E-state index in [1.807, 2.05) is 17.0 Å². The maximum absolute atomic E-state index is 11.8. The van der Waals surface area contributed by atoms with Crippen LogP contribution in [0.5, 0.6) is 0 Å². The van der Waals surface area contributed by atoms with Gasteiger partial charge in [0.1, 0.15) is 0 Å². The minimum absolute atomic E-state index is 0.177. The Balaban J connectivity index is 2.23. The summed E-state index contributed by atoms with van der Waals surface area (Å²) < 4.78 is 0. The highest BCUT2D eigenvalue weighted by Gasteiger charge is 2.31. The largest absolute Gasteiger partial charge is 0.335 e. The fourth-order valence-electron chi connectivity index (χ4n) is 2.28. The molecule has 1 aromatic rings. The van der Waals surface area contributed by atoms with Crippen molar-refractivity contribution < 1.29 is 4.79 Å². The fraction of sp³-hybridized carbons (Fsp3) is 0.462. The number of nitrogens with zero attached hydrogens (tertiary/aromatic N) is 1. The van der Waals surface area contributed by atoms with Gasteiger partial charge in [0.05, 0.1) is 6.04 Å². The van der Waals surface area contributed by atoms with Crippen LogP contribution in [0.3, 0.4) is 0 Å². The molecule has 1 fully saturated rings. The van der Waals surface area contributed by atoms with E-state index in [0.717, 1.165) is 6.54 Å². The summed E-state index contributed by atoms with van der Waals surface area (Å²) in [5.74, 6) is 0.248. The molecule has 1 aliphatic heterocycles.